The van der Waals surface area contributed by atoms with Crippen LogP contribution in [0.25, 0.3) is 10.6 Å². The van der Waals surface area contributed by atoms with E-state index in [1.165, 1.54) is 35.6 Å². The highest BCUT2D eigenvalue weighted by Crippen LogP contribution is 2.24. The summed E-state index contributed by atoms with van der Waals surface area (Å²) in [4.78, 5) is 38.3. The van der Waals surface area contributed by atoms with Gasteiger partial charge in [0.2, 0.25) is 0 Å². The maximum Gasteiger partial charge on any atom is 0.358 e. The van der Waals surface area contributed by atoms with Crippen LogP contribution in [0.4, 0.5) is 11.4 Å². The number of thiazole rings is 1. The Hall–Kier alpha value is -3.59. The molecule has 0 aliphatic heterocycles. The number of carbonyl (C=O) groups excluding carboxylic acids is 2. The molecule has 1 N–H and O–H groups in total. The standard InChI is InChI=1S/C19H15N3O5S/c1-12-2-4-13(5-3-12)18-21-16(11-28-18)19(24)27-10-17(23)20-14-6-8-15(9-7-14)22(25)26/h2-9,11H,10H2,1H3,(H,20,23). The number of nitro groups is 1. The summed E-state index contributed by atoms with van der Waals surface area (Å²) in [5.74, 6) is -1.26. The second kappa shape index (κ2) is 8.40. The molecule has 1 heterocycles. The molecule has 1 amide bonds. The Bertz CT molecular complexity index is 1010. The summed E-state index contributed by atoms with van der Waals surface area (Å²) in [6.45, 7) is 1.49. The van der Waals surface area contributed by atoms with Crippen molar-refractivity contribution in [3.63, 3.8) is 0 Å². The van der Waals surface area contributed by atoms with Crippen LogP contribution in [-0.4, -0.2) is 28.4 Å². The van der Waals surface area contributed by atoms with Crippen LogP contribution in [0.3, 0.4) is 0 Å². The van der Waals surface area contributed by atoms with Crippen molar-refractivity contribution < 1.29 is 19.2 Å². The fourth-order valence-electron chi connectivity index (χ4n) is 2.26. The van der Waals surface area contributed by atoms with Gasteiger partial charge in [0.25, 0.3) is 11.6 Å². The predicted octanol–water partition coefficient (Wildman–Crippen LogP) is 3.82. The van der Waals surface area contributed by atoms with Crippen molar-refractivity contribution in [1.82, 2.24) is 4.98 Å². The molecule has 0 unspecified atom stereocenters. The van der Waals surface area contributed by atoms with E-state index in [4.69, 9.17) is 4.74 Å². The molecule has 142 valence electrons. The highest BCUT2D eigenvalue weighted by molar-refractivity contribution is 7.13. The molecule has 0 bridgehead atoms. The van der Waals surface area contributed by atoms with Crippen LogP contribution in [0.15, 0.2) is 53.9 Å². The van der Waals surface area contributed by atoms with E-state index in [-0.39, 0.29) is 11.4 Å². The Morgan fingerprint density at radius 3 is 2.46 bits per heavy atom. The van der Waals surface area contributed by atoms with E-state index in [9.17, 15) is 19.7 Å². The lowest BCUT2D eigenvalue weighted by Gasteiger charge is -2.05. The minimum Gasteiger partial charge on any atom is -0.451 e. The van der Waals surface area contributed by atoms with Crippen molar-refractivity contribution in [2.24, 2.45) is 0 Å². The molecule has 0 saturated heterocycles. The Balaban J connectivity index is 1.54. The van der Waals surface area contributed by atoms with Gasteiger partial charge in [-0.15, -0.1) is 11.3 Å². The third kappa shape index (κ3) is 4.77. The van der Waals surface area contributed by atoms with Crippen molar-refractivity contribution in [2.45, 2.75) is 6.92 Å². The minimum atomic E-state index is -0.700. The largest absolute Gasteiger partial charge is 0.451 e. The van der Waals surface area contributed by atoms with Gasteiger partial charge in [0.1, 0.15) is 5.01 Å². The summed E-state index contributed by atoms with van der Waals surface area (Å²) in [5, 5.41) is 15.4. The first-order valence-corrected chi connectivity index (χ1v) is 9.04. The first-order chi connectivity index (χ1) is 13.4. The van der Waals surface area contributed by atoms with Gasteiger partial charge < -0.3 is 10.1 Å². The number of rotatable bonds is 6. The highest BCUT2D eigenvalue weighted by Gasteiger charge is 2.15. The third-order valence-corrected chi connectivity index (χ3v) is 4.60. The average Bonchev–Trinajstić information content (AvgIpc) is 3.17. The van der Waals surface area contributed by atoms with E-state index in [2.05, 4.69) is 10.3 Å². The molecule has 0 fully saturated rings. The number of non-ortho nitro benzene ring substituents is 1. The predicted molar refractivity (Wildman–Crippen MR) is 104 cm³/mol. The quantitative estimate of drug-likeness (QED) is 0.384. The van der Waals surface area contributed by atoms with Gasteiger partial charge >= 0.3 is 5.97 Å². The van der Waals surface area contributed by atoms with Gasteiger partial charge in [0.15, 0.2) is 12.3 Å². The van der Waals surface area contributed by atoms with E-state index >= 15 is 0 Å². The molecule has 3 aromatic rings. The van der Waals surface area contributed by atoms with Crippen LogP contribution in [0.2, 0.25) is 0 Å². The first kappa shape index (κ1) is 19.2. The molecule has 3 rings (SSSR count). The molecule has 0 atom stereocenters. The number of benzene rings is 2. The lowest BCUT2D eigenvalue weighted by molar-refractivity contribution is -0.384. The van der Waals surface area contributed by atoms with Crippen LogP contribution >= 0.6 is 11.3 Å². The van der Waals surface area contributed by atoms with Crippen molar-refractivity contribution >= 4 is 34.6 Å². The first-order valence-electron chi connectivity index (χ1n) is 8.16. The molecule has 0 radical (unpaired) electrons. The van der Waals surface area contributed by atoms with Crippen LogP contribution in [0.5, 0.6) is 0 Å². The fourth-order valence-corrected chi connectivity index (χ4v) is 3.06. The zero-order chi connectivity index (χ0) is 20.1. The number of esters is 1. The van der Waals surface area contributed by atoms with E-state index in [0.29, 0.717) is 10.7 Å². The smallest absolute Gasteiger partial charge is 0.358 e. The number of hydrogen-bond acceptors (Lipinski definition) is 7. The molecule has 0 aliphatic rings. The van der Waals surface area contributed by atoms with Crippen LogP contribution in [-0.2, 0) is 9.53 Å². The maximum atomic E-state index is 12.1. The third-order valence-electron chi connectivity index (χ3n) is 3.71. The SMILES string of the molecule is Cc1ccc(-c2nc(C(=O)OCC(=O)Nc3ccc([N+](=O)[O-])cc3)cs2)cc1. The summed E-state index contributed by atoms with van der Waals surface area (Å²) < 4.78 is 4.98. The van der Waals surface area contributed by atoms with E-state index in [0.717, 1.165) is 11.1 Å². The second-order valence-electron chi connectivity index (χ2n) is 5.83. The number of nitro benzene ring substituents is 1. The molecular weight excluding hydrogens is 382 g/mol. The topological polar surface area (TPSA) is 111 Å². The van der Waals surface area contributed by atoms with Gasteiger partial charge in [0, 0.05) is 28.8 Å². The Labute approximate surface area is 164 Å². The monoisotopic (exact) mass is 397 g/mol. The molecule has 8 nitrogen and oxygen atoms in total. The van der Waals surface area contributed by atoms with E-state index in [1.807, 2.05) is 31.2 Å². The van der Waals surface area contributed by atoms with Gasteiger partial charge in [0.05, 0.1) is 4.92 Å². The molecule has 9 heteroatoms. The zero-order valence-electron chi connectivity index (χ0n) is 14.7. The lowest BCUT2D eigenvalue weighted by Crippen LogP contribution is -2.21. The van der Waals surface area contributed by atoms with Crippen LogP contribution < -0.4 is 5.32 Å². The second-order valence-corrected chi connectivity index (χ2v) is 6.69. The number of anilines is 1. The van der Waals surface area contributed by atoms with Crippen LogP contribution in [0.1, 0.15) is 16.1 Å². The number of carbonyl (C=O) groups is 2. The maximum absolute atomic E-state index is 12.1. The Kier molecular flexibility index (Phi) is 5.75. The number of hydrogen-bond donors (Lipinski definition) is 1. The number of aryl methyl sites for hydroxylation is 1. The van der Waals surface area contributed by atoms with E-state index < -0.39 is 23.4 Å². The van der Waals surface area contributed by atoms with Crippen molar-refractivity contribution in [2.75, 3.05) is 11.9 Å². The van der Waals surface area contributed by atoms with Gasteiger partial charge in [-0.1, -0.05) is 29.8 Å². The molecule has 28 heavy (non-hydrogen) atoms. The summed E-state index contributed by atoms with van der Waals surface area (Å²) >= 11 is 1.31. The normalized spacial score (nSPS) is 10.3. The van der Waals surface area contributed by atoms with Gasteiger partial charge in [-0.05, 0) is 19.1 Å². The molecule has 0 saturated carbocycles. The number of aromatic nitrogens is 1. The van der Waals surface area contributed by atoms with Crippen molar-refractivity contribution in [1.29, 1.82) is 0 Å². The summed E-state index contributed by atoms with van der Waals surface area (Å²) in [7, 11) is 0. The van der Waals surface area contributed by atoms with Crippen molar-refractivity contribution in [3.05, 3.63) is 75.3 Å². The fraction of sp³-hybridized carbons (Fsp3) is 0.105. The zero-order valence-corrected chi connectivity index (χ0v) is 15.6. The summed E-state index contributed by atoms with van der Waals surface area (Å²) in [5.41, 5.74) is 2.42. The Morgan fingerprint density at radius 2 is 1.82 bits per heavy atom. The highest BCUT2D eigenvalue weighted by atomic mass is 32.1. The minimum absolute atomic E-state index is 0.0858. The summed E-state index contributed by atoms with van der Waals surface area (Å²) in [6.07, 6.45) is 0. The van der Waals surface area contributed by atoms with Gasteiger partial charge in [-0.25, -0.2) is 9.78 Å². The molecule has 2 aromatic carbocycles. The van der Waals surface area contributed by atoms with E-state index in [1.54, 1.807) is 5.38 Å². The number of ether oxygens (including phenoxy) is 1. The van der Waals surface area contributed by atoms with Gasteiger partial charge in [-0.2, -0.15) is 0 Å². The van der Waals surface area contributed by atoms with Crippen molar-refractivity contribution in [3.8, 4) is 10.6 Å². The molecular formula is C19H15N3O5S. The number of nitrogens with zero attached hydrogens (tertiary/aromatic N) is 2. The Morgan fingerprint density at radius 1 is 1.14 bits per heavy atom. The van der Waals surface area contributed by atoms with Gasteiger partial charge in [-0.3, -0.25) is 14.9 Å². The molecule has 0 spiro atoms. The molecule has 1 aromatic heterocycles. The number of amides is 1. The number of nitrogens with one attached hydrogen (secondary N) is 1. The molecule has 0 aliphatic carbocycles. The average molecular weight is 397 g/mol. The lowest BCUT2D eigenvalue weighted by atomic mass is 10.2. The van der Waals surface area contributed by atoms with Crippen LogP contribution in [0, 0.1) is 17.0 Å². The summed E-state index contributed by atoms with van der Waals surface area (Å²) in [6, 6.07) is 13.1.